The fourth-order valence-corrected chi connectivity index (χ4v) is 1.66. The second kappa shape index (κ2) is 6.41. The van der Waals surface area contributed by atoms with Gasteiger partial charge in [-0.3, -0.25) is 4.79 Å². The van der Waals surface area contributed by atoms with Crippen molar-refractivity contribution < 1.29 is 19.4 Å². The second-order valence-electron chi connectivity index (χ2n) is 5.03. The first-order valence-corrected chi connectivity index (χ1v) is 6.53. The van der Waals surface area contributed by atoms with Crippen molar-refractivity contribution in [3.05, 3.63) is 29.3 Å². The zero-order chi connectivity index (χ0) is 15.3. The van der Waals surface area contributed by atoms with E-state index in [1.165, 1.54) is 6.92 Å². The van der Waals surface area contributed by atoms with Crippen LogP contribution in [0.3, 0.4) is 0 Å². The molecule has 0 aliphatic carbocycles. The lowest BCUT2D eigenvalue weighted by Gasteiger charge is -2.24. The Bertz CT molecular complexity index is 513. The Balaban J connectivity index is 2.64. The van der Waals surface area contributed by atoms with Crippen LogP contribution in [0.4, 0.5) is 0 Å². The lowest BCUT2D eigenvalue weighted by molar-refractivity contribution is -0.147. The van der Waals surface area contributed by atoms with Gasteiger partial charge in [-0.2, -0.15) is 0 Å². The van der Waals surface area contributed by atoms with E-state index in [1.54, 1.807) is 13.0 Å². The van der Waals surface area contributed by atoms with Crippen LogP contribution in [-0.4, -0.2) is 29.1 Å². The van der Waals surface area contributed by atoms with E-state index in [2.05, 4.69) is 5.32 Å². The molecule has 1 atom stereocenters. The minimum Gasteiger partial charge on any atom is -0.483 e. The average molecular weight is 279 g/mol. The summed E-state index contributed by atoms with van der Waals surface area (Å²) in [4.78, 5) is 22.9. The lowest BCUT2D eigenvalue weighted by Crippen LogP contribution is -2.53. The predicted octanol–water partition coefficient (Wildman–Crippen LogP) is 2.05. The number of hydrogen-bond donors (Lipinski definition) is 2. The van der Waals surface area contributed by atoms with E-state index in [4.69, 9.17) is 9.84 Å². The number of rotatable bonds is 6. The van der Waals surface area contributed by atoms with E-state index in [1.807, 2.05) is 26.0 Å². The first-order valence-electron chi connectivity index (χ1n) is 6.53. The third kappa shape index (κ3) is 3.73. The van der Waals surface area contributed by atoms with Crippen molar-refractivity contribution in [3.8, 4) is 5.75 Å². The van der Waals surface area contributed by atoms with Gasteiger partial charge in [-0.15, -0.1) is 0 Å². The highest BCUT2D eigenvalue weighted by molar-refractivity contribution is 5.87. The van der Waals surface area contributed by atoms with Crippen LogP contribution in [0.2, 0.25) is 0 Å². The van der Waals surface area contributed by atoms with Crippen LogP contribution in [0.25, 0.3) is 0 Å². The zero-order valence-electron chi connectivity index (χ0n) is 12.3. The number of aryl methyl sites for hydroxylation is 1. The van der Waals surface area contributed by atoms with Crippen molar-refractivity contribution in [1.29, 1.82) is 0 Å². The van der Waals surface area contributed by atoms with Gasteiger partial charge in [-0.25, -0.2) is 4.79 Å². The molecule has 0 fully saturated rings. The normalized spacial score (nSPS) is 13.4. The fraction of sp³-hybridized carbons (Fsp3) is 0.467. The standard InChI is InChI=1S/C15H21NO4/c1-5-15(4,14(18)19)16-13(17)9-20-12-8-6-7-10(2)11(12)3/h6-8H,5,9H2,1-4H3,(H,16,17)(H,18,19). The van der Waals surface area contributed by atoms with Gasteiger partial charge in [0.2, 0.25) is 0 Å². The largest absolute Gasteiger partial charge is 0.483 e. The van der Waals surface area contributed by atoms with Crippen LogP contribution >= 0.6 is 0 Å². The van der Waals surface area contributed by atoms with E-state index in [-0.39, 0.29) is 6.61 Å². The average Bonchev–Trinajstić information content (AvgIpc) is 2.40. The van der Waals surface area contributed by atoms with Gasteiger partial charge in [0.05, 0.1) is 0 Å². The summed E-state index contributed by atoms with van der Waals surface area (Å²) in [5, 5.41) is 11.6. The highest BCUT2D eigenvalue weighted by Gasteiger charge is 2.32. The number of aliphatic carboxylic acids is 1. The zero-order valence-corrected chi connectivity index (χ0v) is 12.3. The maximum Gasteiger partial charge on any atom is 0.329 e. The van der Waals surface area contributed by atoms with E-state index in [9.17, 15) is 9.59 Å². The van der Waals surface area contributed by atoms with Gasteiger partial charge >= 0.3 is 5.97 Å². The third-order valence-electron chi connectivity index (χ3n) is 3.51. The summed E-state index contributed by atoms with van der Waals surface area (Å²) in [5.74, 6) is -0.869. The summed E-state index contributed by atoms with van der Waals surface area (Å²) >= 11 is 0. The van der Waals surface area contributed by atoms with Crippen LogP contribution in [0.1, 0.15) is 31.4 Å². The van der Waals surface area contributed by atoms with E-state index < -0.39 is 17.4 Å². The van der Waals surface area contributed by atoms with Crippen LogP contribution in [0, 0.1) is 13.8 Å². The molecule has 110 valence electrons. The number of carbonyl (C=O) groups is 2. The quantitative estimate of drug-likeness (QED) is 0.835. The summed E-state index contributed by atoms with van der Waals surface area (Å²) in [5.41, 5.74) is 0.783. The summed E-state index contributed by atoms with van der Waals surface area (Å²) in [6.07, 6.45) is 0.303. The molecule has 1 amide bonds. The Kier molecular flexibility index (Phi) is 5.13. The molecule has 0 heterocycles. The summed E-state index contributed by atoms with van der Waals surface area (Å²) in [6.45, 7) is 6.86. The number of nitrogens with one attached hydrogen (secondary N) is 1. The van der Waals surface area contributed by atoms with Crippen molar-refractivity contribution in [2.75, 3.05) is 6.61 Å². The molecule has 5 heteroatoms. The van der Waals surface area contributed by atoms with Crippen LogP contribution in [0.15, 0.2) is 18.2 Å². The minimum atomic E-state index is -1.26. The molecule has 1 aromatic carbocycles. The molecule has 1 aromatic rings. The van der Waals surface area contributed by atoms with Gasteiger partial charge in [-0.1, -0.05) is 19.1 Å². The highest BCUT2D eigenvalue weighted by atomic mass is 16.5. The fourth-order valence-electron chi connectivity index (χ4n) is 1.66. The molecular formula is C15H21NO4. The number of amides is 1. The van der Waals surface area contributed by atoms with Gasteiger partial charge < -0.3 is 15.2 Å². The Morgan fingerprint density at radius 1 is 1.35 bits per heavy atom. The van der Waals surface area contributed by atoms with E-state index in [0.717, 1.165) is 11.1 Å². The highest BCUT2D eigenvalue weighted by Crippen LogP contribution is 2.20. The van der Waals surface area contributed by atoms with Crippen molar-refractivity contribution in [2.24, 2.45) is 0 Å². The molecule has 0 saturated heterocycles. The van der Waals surface area contributed by atoms with E-state index >= 15 is 0 Å². The number of carbonyl (C=O) groups excluding carboxylic acids is 1. The maximum absolute atomic E-state index is 11.8. The lowest BCUT2D eigenvalue weighted by atomic mass is 9.99. The summed E-state index contributed by atoms with van der Waals surface area (Å²) in [6, 6.07) is 5.59. The first-order chi connectivity index (χ1) is 9.30. The van der Waals surface area contributed by atoms with E-state index in [0.29, 0.717) is 12.2 Å². The van der Waals surface area contributed by atoms with Crippen LogP contribution in [0.5, 0.6) is 5.75 Å². The van der Waals surface area contributed by atoms with Gasteiger partial charge in [0.25, 0.3) is 5.91 Å². The smallest absolute Gasteiger partial charge is 0.329 e. The van der Waals surface area contributed by atoms with Crippen molar-refractivity contribution >= 4 is 11.9 Å². The minimum absolute atomic E-state index is 0.201. The second-order valence-corrected chi connectivity index (χ2v) is 5.03. The maximum atomic E-state index is 11.8. The molecule has 2 N–H and O–H groups in total. The Hall–Kier alpha value is -2.04. The molecule has 1 unspecified atom stereocenters. The number of benzene rings is 1. The molecule has 5 nitrogen and oxygen atoms in total. The molecule has 20 heavy (non-hydrogen) atoms. The molecule has 0 spiro atoms. The van der Waals surface area contributed by atoms with Crippen molar-refractivity contribution in [3.63, 3.8) is 0 Å². The molecule has 0 aliphatic heterocycles. The van der Waals surface area contributed by atoms with Crippen LogP contribution in [-0.2, 0) is 9.59 Å². The van der Waals surface area contributed by atoms with Gasteiger partial charge in [0, 0.05) is 0 Å². The first kappa shape index (κ1) is 16.0. The SMILES string of the molecule is CCC(C)(NC(=O)COc1cccc(C)c1C)C(=O)O. The molecular weight excluding hydrogens is 258 g/mol. The van der Waals surface area contributed by atoms with Crippen LogP contribution < -0.4 is 10.1 Å². The molecule has 0 aliphatic rings. The summed E-state index contributed by atoms with van der Waals surface area (Å²) < 4.78 is 5.44. The Morgan fingerprint density at radius 2 is 2.00 bits per heavy atom. The predicted molar refractivity (Wildman–Crippen MR) is 75.9 cm³/mol. The summed E-state index contributed by atoms with van der Waals surface area (Å²) in [7, 11) is 0. The number of carboxylic acids is 1. The van der Waals surface area contributed by atoms with Crippen molar-refractivity contribution in [1.82, 2.24) is 5.32 Å². The monoisotopic (exact) mass is 279 g/mol. The molecule has 0 aromatic heterocycles. The van der Waals surface area contributed by atoms with Crippen molar-refractivity contribution in [2.45, 2.75) is 39.7 Å². The molecule has 0 radical (unpaired) electrons. The van der Waals surface area contributed by atoms with Gasteiger partial charge in [0.1, 0.15) is 11.3 Å². The molecule has 0 bridgehead atoms. The topological polar surface area (TPSA) is 75.6 Å². The number of hydrogen-bond acceptors (Lipinski definition) is 3. The Labute approximate surface area is 118 Å². The number of carboxylic acid groups (broad SMARTS) is 1. The third-order valence-corrected chi connectivity index (χ3v) is 3.51. The molecule has 0 saturated carbocycles. The van der Waals surface area contributed by atoms with Gasteiger partial charge in [0.15, 0.2) is 6.61 Å². The van der Waals surface area contributed by atoms with Gasteiger partial charge in [-0.05, 0) is 44.4 Å². The molecule has 1 rings (SSSR count). The Morgan fingerprint density at radius 3 is 2.55 bits per heavy atom. The number of ether oxygens (including phenoxy) is 1.